The molecule has 0 aliphatic heterocycles. The van der Waals surface area contributed by atoms with E-state index >= 15 is 8.78 Å². The average molecular weight is 466 g/mol. The number of halogens is 3. The van der Waals surface area contributed by atoms with E-state index in [1.165, 1.54) is 24.3 Å². The van der Waals surface area contributed by atoms with Gasteiger partial charge in [0.1, 0.15) is 6.10 Å². The molecule has 31 heavy (non-hydrogen) atoms. The molecule has 2 N–H and O–H groups in total. The third kappa shape index (κ3) is 6.25. The Morgan fingerprint density at radius 1 is 1.13 bits per heavy atom. The monoisotopic (exact) mass is 465 g/mol. The third-order valence-electron chi connectivity index (χ3n) is 5.79. The molecule has 7 heteroatoms. The van der Waals surface area contributed by atoms with E-state index in [0.29, 0.717) is 10.6 Å². The van der Waals surface area contributed by atoms with Gasteiger partial charge in [-0.3, -0.25) is 4.79 Å². The van der Waals surface area contributed by atoms with Gasteiger partial charge in [-0.25, -0.2) is 0 Å². The van der Waals surface area contributed by atoms with E-state index in [1.807, 2.05) is 27.7 Å². The van der Waals surface area contributed by atoms with Gasteiger partial charge in [0.2, 0.25) is 5.91 Å². The number of aryl methyl sites for hydroxylation is 1. The topological polar surface area (TPSA) is 52.3 Å². The van der Waals surface area contributed by atoms with Crippen LogP contribution in [0.25, 0.3) is 6.08 Å². The molecule has 2 aromatic rings. The van der Waals surface area contributed by atoms with Crippen LogP contribution in [0.5, 0.6) is 0 Å². The lowest BCUT2D eigenvalue weighted by molar-refractivity contribution is -0.0627. The van der Waals surface area contributed by atoms with Gasteiger partial charge in [-0.05, 0) is 60.5 Å². The highest BCUT2D eigenvalue weighted by molar-refractivity contribution is 6.73. The molecule has 1 unspecified atom stereocenters. The number of primary amides is 1. The number of alkyl halides is 2. The van der Waals surface area contributed by atoms with Gasteiger partial charge in [-0.2, -0.15) is 8.78 Å². The molecule has 168 valence electrons. The predicted molar refractivity (Wildman–Crippen MR) is 126 cm³/mol. The largest absolute Gasteiger partial charge is 0.404 e. The van der Waals surface area contributed by atoms with E-state index < -0.39 is 26.3 Å². The number of carbonyl (C=O) groups is 1. The zero-order valence-corrected chi connectivity index (χ0v) is 20.2. The Morgan fingerprint density at radius 3 is 2.23 bits per heavy atom. The standard InChI is InChI=1S/C24H30ClF2NO2Si/c1-5-31(6-2,7-3)30-22(18-10-8-17(4)9-11-18)24(26,27)15-14-19-16-20(25)12-13-21(19)23(28)29/h8-16,22H,5-7H2,1-4H3,(H2,28,29)/b15-14+. The van der Waals surface area contributed by atoms with Crippen molar-refractivity contribution in [3.05, 3.63) is 75.8 Å². The second-order valence-electron chi connectivity index (χ2n) is 7.76. The molecule has 0 saturated carbocycles. The highest BCUT2D eigenvalue weighted by Crippen LogP contribution is 2.41. The predicted octanol–water partition coefficient (Wildman–Crippen LogP) is 7.16. The molecule has 2 aromatic carbocycles. The first-order valence-electron chi connectivity index (χ1n) is 10.5. The summed E-state index contributed by atoms with van der Waals surface area (Å²) in [4.78, 5) is 11.7. The lowest BCUT2D eigenvalue weighted by Crippen LogP contribution is -2.41. The zero-order valence-electron chi connectivity index (χ0n) is 18.4. The van der Waals surface area contributed by atoms with Crippen LogP contribution in [0.15, 0.2) is 48.5 Å². The number of nitrogens with two attached hydrogens (primary N) is 1. The van der Waals surface area contributed by atoms with Crippen molar-refractivity contribution in [1.82, 2.24) is 0 Å². The minimum absolute atomic E-state index is 0.128. The van der Waals surface area contributed by atoms with Gasteiger partial charge in [0.15, 0.2) is 8.32 Å². The van der Waals surface area contributed by atoms with E-state index in [9.17, 15) is 4.79 Å². The van der Waals surface area contributed by atoms with Crippen molar-refractivity contribution < 1.29 is 18.0 Å². The number of benzene rings is 2. The Labute approximate surface area is 189 Å². The lowest BCUT2D eigenvalue weighted by Gasteiger charge is -2.36. The highest BCUT2D eigenvalue weighted by Gasteiger charge is 2.44. The Kier molecular flexibility index (Phi) is 8.57. The molecule has 1 atom stereocenters. The summed E-state index contributed by atoms with van der Waals surface area (Å²) in [5.74, 6) is -4.02. The van der Waals surface area contributed by atoms with Gasteiger partial charge >= 0.3 is 0 Å². The first-order valence-corrected chi connectivity index (χ1v) is 13.4. The van der Waals surface area contributed by atoms with Crippen LogP contribution >= 0.6 is 11.6 Å². The molecule has 0 fully saturated rings. The molecular weight excluding hydrogens is 436 g/mol. The minimum Gasteiger partial charge on any atom is -0.404 e. The Bertz CT molecular complexity index is 919. The summed E-state index contributed by atoms with van der Waals surface area (Å²) >= 11 is 6.00. The van der Waals surface area contributed by atoms with E-state index in [4.69, 9.17) is 21.8 Å². The summed E-state index contributed by atoms with van der Waals surface area (Å²) < 4.78 is 37.5. The summed E-state index contributed by atoms with van der Waals surface area (Å²) in [6.07, 6.45) is 0.561. The maximum atomic E-state index is 15.6. The second-order valence-corrected chi connectivity index (χ2v) is 12.9. The molecule has 0 heterocycles. The molecule has 3 nitrogen and oxygen atoms in total. The molecule has 0 aromatic heterocycles. The molecule has 0 aliphatic carbocycles. The van der Waals surface area contributed by atoms with Crippen molar-refractivity contribution in [1.29, 1.82) is 0 Å². The average Bonchev–Trinajstić information content (AvgIpc) is 2.74. The van der Waals surface area contributed by atoms with Crippen LogP contribution in [0.4, 0.5) is 8.78 Å². The number of amides is 1. The second kappa shape index (κ2) is 10.5. The van der Waals surface area contributed by atoms with Gasteiger partial charge in [0.05, 0.1) is 0 Å². The van der Waals surface area contributed by atoms with Crippen molar-refractivity contribution >= 4 is 31.9 Å². The molecule has 0 saturated heterocycles. The maximum Gasteiger partial charge on any atom is 0.295 e. The van der Waals surface area contributed by atoms with E-state index in [-0.39, 0.29) is 11.1 Å². The highest BCUT2D eigenvalue weighted by atomic mass is 35.5. The van der Waals surface area contributed by atoms with Crippen LogP contribution in [0, 0.1) is 6.92 Å². The number of rotatable bonds is 10. The quantitative estimate of drug-likeness (QED) is 0.378. The smallest absolute Gasteiger partial charge is 0.295 e. The van der Waals surface area contributed by atoms with Crippen molar-refractivity contribution in [2.75, 3.05) is 0 Å². The van der Waals surface area contributed by atoms with Gasteiger partial charge < -0.3 is 10.2 Å². The molecule has 0 aliphatic rings. The molecule has 1 amide bonds. The van der Waals surface area contributed by atoms with Crippen LogP contribution < -0.4 is 5.73 Å². The Balaban J connectivity index is 2.51. The molecule has 2 rings (SSSR count). The van der Waals surface area contributed by atoms with Crippen LogP contribution in [-0.4, -0.2) is 20.1 Å². The Hall–Kier alpha value is -2.02. The molecule has 0 bridgehead atoms. The summed E-state index contributed by atoms with van der Waals surface area (Å²) in [6, 6.07) is 13.6. The van der Waals surface area contributed by atoms with Crippen molar-refractivity contribution in [2.45, 2.75) is 57.9 Å². The number of carbonyl (C=O) groups excluding carboxylic acids is 1. The van der Waals surface area contributed by atoms with Gasteiger partial charge in [-0.1, -0.05) is 68.3 Å². The molecule has 0 spiro atoms. The first kappa shape index (κ1) is 25.2. The van der Waals surface area contributed by atoms with Crippen molar-refractivity contribution in [2.24, 2.45) is 5.73 Å². The van der Waals surface area contributed by atoms with Crippen LogP contribution in [0.2, 0.25) is 23.2 Å². The van der Waals surface area contributed by atoms with E-state index in [2.05, 4.69) is 0 Å². The van der Waals surface area contributed by atoms with Crippen molar-refractivity contribution in [3.63, 3.8) is 0 Å². The third-order valence-corrected chi connectivity index (χ3v) is 10.6. The van der Waals surface area contributed by atoms with Crippen LogP contribution in [0.3, 0.4) is 0 Å². The number of hydrogen-bond donors (Lipinski definition) is 1. The van der Waals surface area contributed by atoms with Crippen molar-refractivity contribution in [3.8, 4) is 0 Å². The minimum atomic E-state index is -3.32. The lowest BCUT2D eigenvalue weighted by atomic mass is 10.00. The normalized spacial score (nSPS) is 13.5. The summed E-state index contributed by atoms with van der Waals surface area (Å²) in [7, 11) is -2.34. The SMILES string of the molecule is CC[Si](CC)(CC)OC(c1ccc(C)cc1)C(F)(F)/C=C/c1cc(Cl)ccc1C(N)=O. The number of hydrogen-bond acceptors (Lipinski definition) is 2. The van der Waals surface area contributed by atoms with Crippen LogP contribution in [0.1, 0.15) is 53.9 Å². The van der Waals surface area contributed by atoms with Gasteiger partial charge in [0.25, 0.3) is 5.92 Å². The maximum absolute atomic E-state index is 15.6. The molecule has 0 radical (unpaired) electrons. The van der Waals surface area contributed by atoms with E-state index in [0.717, 1.165) is 29.8 Å². The summed E-state index contributed by atoms with van der Waals surface area (Å²) in [5.41, 5.74) is 7.16. The fraction of sp³-hybridized carbons (Fsp3) is 0.375. The molecular formula is C24H30ClF2NO2Si. The Morgan fingerprint density at radius 2 is 1.71 bits per heavy atom. The fourth-order valence-electron chi connectivity index (χ4n) is 3.54. The first-order chi connectivity index (χ1) is 14.6. The van der Waals surface area contributed by atoms with Gasteiger partial charge in [0, 0.05) is 10.6 Å². The summed E-state index contributed by atoms with van der Waals surface area (Å²) in [5, 5.41) is 0.327. The fourth-order valence-corrected chi connectivity index (χ4v) is 6.52. The summed E-state index contributed by atoms with van der Waals surface area (Å²) in [6.45, 7) is 7.92. The van der Waals surface area contributed by atoms with E-state index in [1.54, 1.807) is 24.3 Å². The van der Waals surface area contributed by atoms with Gasteiger partial charge in [-0.15, -0.1) is 0 Å². The zero-order chi connectivity index (χ0) is 23.2. The van der Waals surface area contributed by atoms with Crippen LogP contribution in [-0.2, 0) is 4.43 Å².